The summed E-state index contributed by atoms with van der Waals surface area (Å²) in [4.78, 5) is 10.3. The van der Waals surface area contributed by atoms with Crippen LogP contribution >= 0.6 is 0 Å². The van der Waals surface area contributed by atoms with Crippen molar-refractivity contribution in [3.05, 3.63) is 41.4 Å². The van der Waals surface area contributed by atoms with E-state index in [9.17, 15) is 4.91 Å². The monoisotopic (exact) mass is 179 g/mol. The van der Waals surface area contributed by atoms with Crippen molar-refractivity contribution >= 4 is 0 Å². The molecule has 1 atom stereocenters. The molecule has 0 aliphatic carbocycles. The van der Waals surface area contributed by atoms with Crippen LogP contribution in [0.15, 0.2) is 41.6 Å². The third kappa shape index (κ3) is 7.19. The predicted octanol–water partition coefficient (Wildman–Crippen LogP) is 3.61. The first-order chi connectivity index (χ1) is 6.35. The van der Waals surface area contributed by atoms with Crippen LogP contribution in [0.5, 0.6) is 0 Å². The molecule has 0 amide bonds. The Kier molecular flexibility index (Phi) is 8.10. The zero-order valence-corrected chi connectivity index (χ0v) is 8.31. The molecule has 0 radical (unpaired) electrons. The van der Waals surface area contributed by atoms with Crippen LogP contribution in [0.1, 0.15) is 26.7 Å². The number of hydrogen-bond donors (Lipinski definition) is 0. The molecule has 0 aliphatic heterocycles. The van der Waals surface area contributed by atoms with Crippen LogP contribution in [0.3, 0.4) is 0 Å². The van der Waals surface area contributed by atoms with Crippen LogP contribution < -0.4 is 0 Å². The van der Waals surface area contributed by atoms with Crippen LogP contribution in [0, 0.1) is 4.91 Å². The topological polar surface area (TPSA) is 29.4 Å². The van der Waals surface area contributed by atoms with E-state index in [1.807, 2.05) is 43.4 Å². The van der Waals surface area contributed by atoms with Gasteiger partial charge in [-0.05, 0) is 19.8 Å². The van der Waals surface area contributed by atoms with Crippen molar-refractivity contribution < 1.29 is 0 Å². The second-order valence-corrected chi connectivity index (χ2v) is 2.70. The molecule has 0 saturated heterocycles. The molecular weight excluding hydrogens is 162 g/mol. The molecule has 0 N–H and O–H groups in total. The van der Waals surface area contributed by atoms with Gasteiger partial charge in [0.05, 0.1) is 0 Å². The van der Waals surface area contributed by atoms with Crippen molar-refractivity contribution in [3.63, 3.8) is 0 Å². The molecule has 72 valence electrons. The number of rotatable bonds is 6. The molecule has 0 saturated carbocycles. The van der Waals surface area contributed by atoms with Crippen LogP contribution in [0.4, 0.5) is 0 Å². The summed E-state index contributed by atoms with van der Waals surface area (Å²) in [6.07, 6.45) is 13.2. The van der Waals surface area contributed by atoms with Crippen molar-refractivity contribution in [2.75, 3.05) is 0 Å². The lowest BCUT2D eigenvalue weighted by Crippen LogP contribution is -1.95. The minimum absolute atomic E-state index is 0.223. The molecule has 2 nitrogen and oxygen atoms in total. The average molecular weight is 179 g/mol. The highest BCUT2D eigenvalue weighted by molar-refractivity contribution is 5.07. The van der Waals surface area contributed by atoms with Crippen molar-refractivity contribution in [2.45, 2.75) is 32.7 Å². The number of allylic oxidation sites excluding steroid dienone is 4. The Hall–Kier alpha value is -1.18. The Labute approximate surface area is 80.0 Å². The standard InChI is InChI=1S/C11H17NO/c1-3-5-7-9-11(12-13)10-8-6-4-2/h3,5-9,11H,4,10H2,1-2H3/b5-3-,8-6-,9-7+/t11-/m0/s1. The minimum Gasteiger partial charge on any atom is -0.150 e. The Morgan fingerprint density at radius 3 is 2.62 bits per heavy atom. The summed E-state index contributed by atoms with van der Waals surface area (Å²) in [5.41, 5.74) is 0. The van der Waals surface area contributed by atoms with Crippen molar-refractivity contribution in [1.82, 2.24) is 0 Å². The van der Waals surface area contributed by atoms with Crippen LogP contribution in [0.25, 0.3) is 0 Å². The van der Waals surface area contributed by atoms with Gasteiger partial charge in [0.15, 0.2) is 0 Å². The maximum atomic E-state index is 10.3. The van der Waals surface area contributed by atoms with Gasteiger partial charge in [0.2, 0.25) is 0 Å². The normalized spacial score (nSPS) is 14.6. The zero-order chi connectivity index (χ0) is 9.94. The fourth-order valence-electron chi connectivity index (χ4n) is 0.863. The minimum atomic E-state index is -0.223. The van der Waals surface area contributed by atoms with Crippen molar-refractivity contribution in [3.8, 4) is 0 Å². The molecule has 0 spiro atoms. The molecular formula is C11H17NO. The van der Waals surface area contributed by atoms with E-state index < -0.39 is 0 Å². The Balaban J connectivity index is 3.88. The predicted molar refractivity (Wildman–Crippen MR) is 57.6 cm³/mol. The van der Waals surface area contributed by atoms with E-state index in [4.69, 9.17) is 0 Å². The first-order valence-electron chi connectivity index (χ1n) is 4.62. The Morgan fingerprint density at radius 1 is 1.31 bits per heavy atom. The highest BCUT2D eigenvalue weighted by Gasteiger charge is 1.98. The van der Waals surface area contributed by atoms with E-state index in [-0.39, 0.29) is 6.04 Å². The largest absolute Gasteiger partial charge is 0.150 e. The van der Waals surface area contributed by atoms with Crippen molar-refractivity contribution in [1.29, 1.82) is 0 Å². The van der Waals surface area contributed by atoms with Crippen LogP contribution in [-0.2, 0) is 0 Å². The number of hydrogen-bond acceptors (Lipinski definition) is 2. The Bertz CT molecular complexity index is 204. The number of nitroso groups, excluding NO2 is 1. The molecule has 0 fully saturated rings. The second-order valence-electron chi connectivity index (χ2n) is 2.70. The lowest BCUT2D eigenvalue weighted by Gasteiger charge is -1.96. The summed E-state index contributed by atoms with van der Waals surface area (Å²) >= 11 is 0. The van der Waals surface area contributed by atoms with Gasteiger partial charge in [-0.25, -0.2) is 0 Å². The molecule has 0 aromatic carbocycles. The molecule has 0 unspecified atom stereocenters. The third-order valence-electron chi connectivity index (χ3n) is 1.55. The summed E-state index contributed by atoms with van der Waals surface area (Å²) in [6.45, 7) is 4.00. The first kappa shape index (κ1) is 11.8. The summed E-state index contributed by atoms with van der Waals surface area (Å²) in [6, 6.07) is -0.223. The van der Waals surface area contributed by atoms with Gasteiger partial charge in [-0.3, -0.25) is 0 Å². The molecule has 0 aromatic heterocycles. The average Bonchev–Trinajstić information content (AvgIpc) is 2.16. The van der Waals surface area contributed by atoms with Crippen molar-refractivity contribution in [2.24, 2.45) is 5.18 Å². The highest BCUT2D eigenvalue weighted by Crippen LogP contribution is 2.01. The quantitative estimate of drug-likeness (QED) is 0.348. The van der Waals surface area contributed by atoms with E-state index in [1.54, 1.807) is 0 Å². The lowest BCUT2D eigenvalue weighted by molar-refractivity contribution is 0.825. The molecule has 0 bridgehead atoms. The van der Waals surface area contributed by atoms with Crippen LogP contribution in [0.2, 0.25) is 0 Å². The van der Waals surface area contributed by atoms with Gasteiger partial charge >= 0.3 is 0 Å². The lowest BCUT2D eigenvalue weighted by atomic mass is 10.2. The fraction of sp³-hybridized carbons (Fsp3) is 0.455. The maximum absolute atomic E-state index is 10.3. The fourth-order valence-corrected chi connectivity index (χ4v) is 0.863. The number of nitrogens with zero attached hydrogens (tertiary/aromatic N) is 1. The summed E-state index contributed by atoms with van der Waals surface area (Å²) in [5.74, 6) is 0. The summed E-state index contributed by atoms with van der Waals surface area (Å²) < 4.78 is 0. The summed E-state index contributed by atoms with van der Waals surface area (Å²) in [7, 11) is 0. The van der Waals surface area contributed by atoms with E-state index in [0.717, 1.165) is 6.42 Å². The van der Waals surface area contributed by atoms with Gasteiger partial charge < -0.3 is 0 Å². The Morgan fingerprint density at radius 2 is 2.08 bits per heavy atom. The zero-order valence-electron chi connectivity index (χ0n) is 8.31. The van der Waals surface area contributed by atoms with Gasteiger partial charge in [-0.15, -0.1) is 0 Å². The molecule has 13 heavy (non-hydrogen) atoms. The maximum Gasteiger partial charge on any atom is 0.114 e. The van der Waals surface area contributed by atoms with Gasteiger partial charge in [0.1, 0.15) is 6.04 Å². The van der Waals surface area contributed by atoms with E-state index >= 15 is 0 Å². The van der Waals surface area contributed by atoms with Gasteiger partial charge in [-0.2, -0.15) is 4.91 Å². The van der Waals surface area contributed by atoms with Gasteiger partial charge in [0.25, 0.3) is 0 Å². The second kappa shape index (κ2) is 8.91. The summed E-state index contributed by atoms with van der Waals surface area (Å²) in [5, 5.41) is 3.01. The highest BCUT2D eigenvalue weighted by atomic mass is 16.3. The van der Waals surface area contributed by atoms with Crippen LogP contribution in [-0.4, -0.2) is 6.04 Å². The first-order valence-corrected chi connectivity index (χ1v) is 4.62. The van der Waals surface area contributed by atoms with E-state index in [0.29, 0.717) is 6.42 Å². The SMILES string of the molecule is C/C=C\C=C\[C@@H](C/C=C\CC)N=O. The van der Waals surface area contributed by atoms with Gasteiger partial charge in [-0.1, -0.05) is 48.6 Å². The molecule has 0 heterocycles. The molecule has 2 heteroatoms. The molecule has 0 aliphatic rings. The third-order valence-corrected chi connectivity index (χ3v) is 1.55. The smallest absolute Gasteiger partial charge is 0.114 e. The van der Waals surface area contributed by atoms with Gasteiger partial charge in [0, 0.05) is 0 Å². The van der Waals surface area contributed by atoms with E-state index in [1.165, 1.54) is 0 Å². The molecule has 0 aromatic rings. The van der Waals surface area contributed by atoms with E-state index in [2.05, 4.69) is 12.1 Å². The molecule has 0 rings (SSSR count).